The Morgan fingerprint density at radius 1 is 1.00 bits per heavy atom. The van der Waals surface area contributed by atoms with E-state index >= 15 is 0 Å². The molecule has 55 heavy (non-hydrogen) atoms. The molecule has 0 aliphatic carbocycles. The van der Waals surface area contributed by atoms with Crippen molar-refractivity contribution in [2.45, 2.75) is 104 Å². The number of anilines is 1. The van der Waals surface area contributed by atoms with Gasteiger partial charge in [-0.25, -0.2) is 14.2 Å². The molecule has 15 nitrogen and oxygen atoms in total. The zero-order valence-electron chi connectivity index (χ0n) is 33.3. The van der Waals surface area contributed by atoms with Crippen molar-refractivity contribution in [2.75, 3.05) is 63.8 Å². The van der Waals surface area contributed by atoms with Gasteiger partial charge in [-0.15, -0.1) is 10.2 Å². The average Bonchev–Trinajstić information content (AvgIpc) is 3.56. The molecule has 1 aromatic heterocycles. The molecule has 4 saturated heterocycles. The van der Waals surface area contributed by atoms with E-state index in [0.717, 1.165) is 52.0 Å². The lowest BCUT2D eigenvalue weighted by Crippen LogP contribution is -2.62. The highest BCUT2D eigenvalue weighted by Gasteiger charge is 2.48. The minimum Gasteiger partial charge on any atom is -0.444 e. The Kier molecular flexibility index (Phi) is 12.2. The van der Waals surface area contributed by atoms with Crippen molar-refractivity contribution >= 4 is 28.0 Å². The normalized spacial score (nSPS) is 21.6. The first-order valence-corrected chi connectivity index (χ1v) is 21.0. The summed E-state index contributed by atoms with van der Waals surface area (Å²) in [6.45, 7) is 19.2. The smallest absolute Gasteiger partial charge is 0.407 e. The molecule has 304 valence electrons. The van der Waals surface area contributed by atoms with Gasteiger partial charge >= 0.3 is 6.09 Å². The number of piperidine rings is 2. The number of hydrogen-bond donors (Lipinski definition) is 1. The van der Waals surface area contributed by atoms with Gasteiger partial charge in [0.25, 0.3) is 22.0 Å². The molecule has 1 aromatic carbocycles. The average molecular weight is 788 g/mol. The highest BCUT2D eigenvalue weighted by Crippen LogP contribution is 2.42. The van der Waals surface area contributed by atoms with Gasteiger partial charge in [-0.2, -0.15) is 17.0 Å². The van der Waals surface area contributed by atoms with Crippen molar-refractivity contribution < 1.29 is 31.9 Å². The Balaban J connectivity index is 0.980. The van der Waals surface area contributed by atoms with E-state index in [2.05, 4.69) is 30.3 Å². The fourth-order valence-corrected chi connectivity index (χ4v) is 10.2. The first kappa shape index (κ1) is 41.0. The molecule has 4 aliphatic rings. The maximum atomic E-state index is 14.4. The molecule has 1 N–H and O–H groups in total. The van der Waals surface area contributed by atoms with Crippen LogP contribution in [-0.2, 0) is 14.9 Å². The lowest BCUT2D eigenvalue weighted by atomic mass is 9.72. The van der Waals surface area contributed by atoms with Crippen LogP contribution in [0.1, 0.15) is 90.9 Å². The third-order valence-electron chi connectivity index (χ3n) is 11.1. The number of ether oxygens (including phenoxy) is 2. The summed E-state index contributed by atoms with van der Waals surface area (Å²) in [5.74, 6) is 0.415. The number of likely N-dealkylation sites (tertiary alicyclic amines) is 1. The number of halogens is 1. The van der Waals surface area contributed by atoms with Gasteiger partial charge in [0.2, 0.25) is 0 Å². The van der Waals surface area contributed by atoms with E-state index in [1.54, 1.807) is 13.5 Å². The SMILES string of the molecule is CC(C)N(C(=O)c1cc(F)ccc1Oc1nncnc1N1CC[C@@H](CN2CC3(CCN(S(=O)(=O)N4CCC(NC(=O)OC(C)(C)C)CC4)CC3)C2)C1)C(C)C. The number of carbonyl (C=O) groups excluding carboxylic acids is 2. The number of rotatable bonds is 11. The number of aromatic nitrogens is 3. The molecule has 1 spiro atoms. The Labute approximate surface area is 325 Å². The Morgan fingerprint density at radius 3 is 2.29 bits per heavy atom. The van der Waals surface area contributed by atoms with Crippen LogP contribution >= 0.6 is 0 Å². The first-order chi connectivity index (χ1) is 25.9. The van der Waals surface area contributed by atoms with Crippen LogP contribution in [0, 0.1) is 17.2 Å². The molecule has 17 heteroatoms. The van der Waals surface area contributed by atoms with Crippen LogP contribution in [-0.4, -0.2) is 137 Å². The summed E-state index contributed by atoms with van der Waals surface area (Å²) in [5.41, 5.74) is -0.334. The van der Waals surface area contributed by atoms with E-state index in [1.165, 1.54) is 24.5 Å². The molecule has 0 saturated carbocycles. The molecule has 1 atom stereocenters. The standard InChI is InChI=1S/C38H58FN9O6S/c1-26(2)48(27(3)4)35(49)31-20-29(39)8-9-32(31)53-34-33(40-25-41-43-34)45-15-10-28(22-45)21-44-23-38(24-44)13-18-47(19-14-38)55(51,52)46-16-11-30(12-17-46)42-36(50)54-37(5,6)7/h8-9,20,25-28,30H,10-19,21-24H2,1-7H3,(H,42,50)/t28-/m0/s1. The van der Waals surface area contributed by atoms with Gasteiger partial charge in [0.1, 0.15) is 23.5 Å². The second-order valence-electron chi connectivity index (χ2n) is 17.2. The summed E-state index contributed by atoms with van der Waals surface area (Å²) in [6, 6.07) is 3.61. The van der Waals surface area contributed by atoms with Gasteiger partial charge in [0, 0.05) is 77.0 Å². The van der Waals surface area contributed by atoms with Crippen LogP contribution in [0.4, 0.5) is 15.0 Å². The van der Waals surface area contributed by atoms with Crippen LogP contribution in [0.2, 0.25) is 0 Å². The summed E-state index contributed by atoms with van der Waals surface area (Å²) in [5, 5.41) is 11.1. The predicted molar refractivity (Wildman–Crippen MR) is 206 cm³/mol. The number of carbonyl (C=O) groups is 2. The van der Waals surface area contributed by atoms with Gasteiger partial charge in [-0.05, 0) is 110 Å². The van der Waals surface area contributed by atoms with Gasteiger partial charge in [0.05, 0.1) is 5.56 Å². The molecule has 2 amide bonds. The first-order valence-electron chi connectivity index (χ1n) is 19.6. The van der Waals surface area contributed by atoms with Crippen molar-refractivity contribution in [2.24, 2.45) is 11.3 Å². The fourth-order valence-electron chi connectivity index (χ4n) is 8.56. The van der Waals surface area contributed by atoms with E-state index in [4.69, 9.17) is 9.47 Å². The molecule has 5 heterocycles. The highest BCUT2D eigenvalue weighted by atomic mass is 32.2. The molecule has 0 bridgehead atoms. The van der Waals surface area contributed by atoms with Gasteiger partial charge in [-0.1, -0.05) is 0 Å². The molecular formula is C38H58FN9O6S. The number of benzene rings is 1. The number of hydrogen-bond acceptors (Lipinski definition) is 11. The van der Waals surface area contributed by atoms with E-state index < -0.39 is 27.7 Å². The number of amides is 2. The van der Waals surface area contributed by atoms with Crippen molar-refractivity contribution in [3.8, 4) is 11.6 Å². The fraction of sp³-hybridized carbons (Fsp3) is 0.711. The topological polar surface area (TPSA) is 154 Å². The molecule has 2 aromatic rings. The number of alkyl carbamates (subject to hydrolysis) is 1. The van der Waals surface area contributed by atoms with Gasteiger partial charge < -0.3 is 29.5 Å². The molecule has 4 aliphatic heterocycles. The summed E-state index contributed by atoms with van der Waals surface area (Å²) in [6.07, 6.45) is 4.65. The third kappa shape index (κ3) is 9.66. The summed E-state index contributed by atoms with van der Waals surface area (Å²) in [7, 11) is -3.57. The van der Waals surface area contributed by atoms with Crippen LogP contribution < -0.4 is 15.0 Å². The second-order valence-corrected chi connectivity index (χ2v) is 19.2. The van der Waals surface area contributed by atoms with Crippen LogP contribution in [0.5, 0.6) is 11.6 Å². The highest BCUT2D eigenvalue weighted by molar-refractivity contribution is 7.86. The largest absolute Gasteiger partial charge is 0.444 e. The molecule has 0 radical (unpaired) electrons. The van der Waals surface area contributed by atoms with Crippen LogP contribution in [0.25, 0.3) is 0 Å². The molecular weight excluding hydrogens is 730 g/mol. The zero-order chi connectivity index (χ0) is 39.7. The minimum absolute atomic E-state index is 0.0963. The molecule has 6 rings (SSSR count). The second kappa shape index (κ2) is 16.4. The summed E-state index contributed by atoms with van der Waals surface area (Å²) >= 11 is 0. The van der Waals surface area contributed by atoms with Crippen molar-refractivity contribution in [1.82, 2.24) is 38.9 Å². The Morgan fingerprint density at radius 2 is 1.65 bits per heavy atom. The lowest BCUT2D eigenvalue weighted by Gasteiger charge is -2.54. The molecule has 0 unspecified atom stereocenters. The minimum atomic E-state index is -3.57. The van der Waals surface area contributed by atoms with Gasteiger partial charge in [-0.3, -0.25) is 4.79 Å². The van der Waals surface area contributed by atoms with Crippen molar-refractivity contribution in [3.63, 3.8) is 0 Å². The predicted octanol–water partition coefficient (Wildman–Crippen LogP) is 4.52. The zero-order valence-corrected chi connectivity index (χ0v) is 34.1. The van der Waals surface area contributed by atoms with Crippen molar-refractivity contribution in [1.29, 1.82) is 0 Å². The van der Waals surface area contributed by atoms with E-state index in [9.17, 15) is 22.4 Å². The van der Waals surface area contributed by atoms with E-state index in [0.29, 0.717) is 50.8 Å². The van der Waals surface area contributed by atoms with E-state index in [-0.39, 0.29) is 46.6 Å². The van der Waals surface area contributed by atoms with E-state index in [1.807, 2.05) is 48.5 Å². The molecule has 4 fully saturated rings. The van der Waals surface area contributed by atoms with Gasteiger partial charge in [0.15, 0.2) is 5.82 Å². The maximum Gasteiger partial charge on any atom is 0.407 e. The van der Waals surface area contributed by atoms with Crippen molar-refractivity contribution in [3.05, 3.63) is 35.9 Å². The summed E-state index contributed by atoms with van der Waals surface area (Å²) in [4.78, 5) is 36.6. The maximum absolute atomic E-state index is 14.4. The summed E-state index contributed by atoms with van der Waals surface area (Å²) < 4.78 is 56.3. The monoisotopic (exact) mass is 787 g/mol. The third-order valence-corrected chi connectivity index (χ3v) is 13.2. The quantitative estimate of drug-likeness (QED) is 0.342. The lowest BCUT2D eigenvalue weighted by molar-refractivity contribution is -0.0413. The Hall–Kier alpha value is -3.67. The number of nitrogens with zero attached hydrogens (tertiary/aromatic N) is 8. The van der Waals surface area contributed by atoms with Crippen LogP contribution in [0.3, 0.4) is 0 Å². The Bertz CT molecular complexity index is 1780. The van der Waals surface area contributed by atoms with Crippen LogP contribution in [0.15, 0.2) is 24.5 Å². The number of nitrogens with one attached hydrogen (secondary N) is 1.